The van der Waals surface area contributed by atoms with Gasteiger partial charge < -0.3 is 9.29 Å². The molecule has 0 saturated carbocycles. The number of hydrogen-bond donors (Lipinski definition) is 1. The second-order valence-electron chi connectivity index (χ2n) is 6.10. The molecule has 2 aromatic carbocycles. The van der Waals surface area contributed by atoms with Gasteiger partial charge in [-0.15, -0.1) is 0 Å². The first-order valence-corrected chi connectivity index (χ1v) is 9.80. The number of aryl methyl sites for hydroxylation is 2. The van der Waals surface area contributed by atoms with E-state index >= 15 is 0 Å². The molecule has 0 aliphatic rings. The highest BCUT2D eigenvalue weighted by molar-refractivity contribution is 8.00. The first-order chi connectivity index (χ1) is 13.2. The molecular formula is C20H18ClN5S. The van der Waals surface area contributed by atoms with E-state index in [0.717, 1.165) is 33.9 Å². The number of nitrogens with zero attached hydrogens (tertiary/aromatic N) is 4. The number of nitrogens with one attached hydrogen (secondary N) is 1. The van der Waals surface area contributed by atoms with E-state index in [4.69, 9.17) is 16.6 Å². The van der Waals surface area contributed by atoms with Gasteiger partial charge in [-0.1, -0.05) is 30.7 Å². The summed E-state index contributed by atoms with van der Waals surface area (Å²) in [7, 11) is 1.95. The van der Waals surface area contributed by atoms with Crippen LogP contribution in [0.25, 0.3) is 22.6 Å². The van der Waals surface area contributed by atoms with Crippen molar-refractivity contribution in [2.75, 3.05) is 4.72 Å². The van der Waals surface area contributed by atoms with Crippen LogP contribution >= 0.6 is 23.5 Å². The molecule has 0 bridgehead atoms. The molecule has 136 valence electrons. The van der Waals surface area contributed by atoms with Gasteiger partial charge in [-0.2, -0.15) is 0 Å². The van der Waals surface area contributed by atoms with E-state index in [0.29, 0.717) is 10.8 Å². The van der Waals surface area contributed by atoms with E-state index in [-0.39, 0.29) is 0 Å². The zero-order chi connectivity index (χ0) is 18.8. The number of anilines is 1. The molecule has 0 radical (unpaired) electrons. The van der Waals surface area contributed by atoms with Crippen LogP contribution in [0.4, 0.5) is 5.82 Å². The quantitative estimate of drug-likeness (QED) is 0.460. The summed E-state index contributed by atoms with van der Waals surface area (Å²) in [5.74, 6) is 1.52. The molecule has 27 heavy (non-hydrogen) atoms. The van der Waals surface area contributed by atoms with Crippen LogP contribution in [-0.2, 0) is 13.5 Å². The predicted molar refractivity (Wildman–Crippen MR) is 112 cm³/mol. The lowest BCUT2D eigenvalue weighted by Crippen LogP contribution is -1.96. The van der Waals surface area contributed by atoms with E-state index < -0.39 is 0 Å². The van der Waals surface area contributed by atoms with Gasteiger partial charge in [0.2, 0.25) is 0 Å². The normalized spacial score (nSPS) is 11.1. The Kier molecular flexibility index (Phi) is 5.01. The number of aromatic nitrogens is 4. The average Bonchev–Trinajstić information content (AvgIpc) is 3.05. The minimum atomic E-state index is 0.695. The van der Waals surface area contributed by atoms with Gasteiger partial charge in [0, 0.05) is 22.5 Å². The van der Waals surface area contributed by atoms with Crippen molar-refractivity contribution >= 4 is 40.5 Å². The SMILES string of the molecule is CCc1ccc(SNc2ncnc3c2nc(-c2ccc(Cl)cc2)n3C)cc1. The minimum absolute atomic E-state index is 0.695. The van der Waals surface area contributed by atoms with E-state index in [1.807, 2.05) is 35.9 Å². The van der Waals surface area contributed by atoms with Crippen molar-refractivity contribution in [3.05, 3.63) is 65.4 Å². The van der Waals surface area contributed by atoms with E-state index in [2.05, 4.69) is 45.9 Å². The van der Waals surface area contributed by atoms with Gasteiger partial charge in [0.1, 0.15) is 12.2 Å². The molecule has 0 atom stereocenters. The summed E-state index contributed by atoms with van der Waals surface area (Å²) in [6.45, 7) is 2.15. The number of imidazole rings is 1. The highest BCUT2D eigenvalue weighted by atomic mass is 35.5. The molecular weight excluding hydrogens is 378 g/mol. The highest BCUT2D eigenvalue weighted by Gasteiger charge is 2.15. The Morgan fingerprint density at radius 2 is 1.78 bits per heavy atom. The van der Waals surface area contributed by atoms with Gasteiger partial charge in [-0.3, -0.25) is 0 Å². The molecule has 0 fully saturated rings. The molecule has 0 aliphatic heterocycles. The van der Waals surface area contributed by atoms with E-state index in [9.17, 15) is 0 Å². The molecule has 5 nitrogen and oxygen atoms in total. The summed E-state index contributed by atoms with van der Waals surface area (Å²) in [4.78, 5) is 14.7. The first kappa shape index (κ1) is 17.8. The molecule has 2 heterocycles. The number of halogens is 1. The van der Waals surface area contributed by atoms with Crippen molar-refractivity contribution in [3.63, 3.8) is 0 Å². The van der Waals surface area contributed by atoms with Gasteiger partial charge in [-0.25, -0.2) is 15.0 Å². The van der Waals surface area contributed by atoms with Crippen LogP contribution in [0.2, 0.25) is 5.02 Å². The maximum atomic E-state index is 6.00. The van der Waals surface area contributed by atoms with Crippen molar-refractivity contribution in [3.8, 4) is 11.4 Å². The summed E-state index contributed by atoms with van der Waals surface area (Å²) in [6.07, 6.45) is 2.59. The van der Waals surface area contributed by atoms with Crippen LogP contribution in [0.3, 0.4) is 0 Å². The topological polar surface area (TPSA) is 55.6 Å². The third-order valence-corrected chi connectivity index (χ3v) is 5.41. The smallest absolute Gasteiger partial charge is 0.167 e. The molecule has 0 saturated heterocycles. The maximum Gasteiger partial charge on any atom is 0.167 e. The Hall–Kier alpha value is -2.57. The van der Waals surface area contributed by atoms with Crippen LogP contribution in [0, 0.1) is 0 Å². The van der Waals surface area contributed by atoms with Crippen molar-refractivity contribution in [1.82, 2.24) is 19.5 Å². The monoisotopic (exact) mass is 395 g/mol. The maximum absolute atomic E-state index is 6.00. The lowest BCUT2D eigenvalue weighted by atomic mass is 10.2. The third-order valence-electron chi connectivity index (χ3n) is 4.36. The molecule has 0 unspecified atom stereocenters. The van der Waals surface area contributed by atoms with E-state index in [1.165, 1.54) is 17.5 Å². The zero-order valence-electron chi connectivity index (χ0n) is 15.0. The fourth-order valence-corrected chi connectivity index (χ4v) is 3.59. The molecule has 4 aromatic rings. The summed E-state index contributed by atoms with van der Waals surface area (Å²) in [5, 5.41) is 0.699. The minimum Gasteiger partial charge on any atom is -0.312 e. The highest BCUT2D eigenvalue weighted by Crippen LogP contribution is 2.29. The Balaban J connectivity index is 1.65. The molecule has 4 rings (SSSR count). The summed E-state index contributed by atoms with van der Waals surface area (Å²) < 4.78 is 5.28. The average molecular weight is 396 g/mol. The second-order valence-corrected chi connectivity index (χ2v) is 7.41. The molecule has 1 N–H and O–H groups in total. The van der Waals surface area contributed by atoms with Crippen molar-refractivity contribution < 1.29 is 0 Å². The van der Waals surface area contributed by atoms with Gasteiger partial charge in [-0.05, 0) is 60.3 Å². The van der Waals surface area contributed by atoms with Crippen LogP contribution in [-0.4, -0.2) is 19.5 Å². The van der Waals surface area contributed by atoms with Crippen LogP contribution in [0.5, 0.6) is 0 Å². The zero-order valence-corrected chi connectivity index (χ0v) is 16.6. The Morgan fingerprint density at radius 1 is 1.04 bits per heavy atom. The fraction of sp³-hybridized carbons (Fsp3) is 0.150. The van der Waals surface area contributed by atoms with Crippen molar-refractivity contribution in [2.24, 2.45) is 7.05 Å². The largest absolute Gasteiger partial charge is 0.312 e. The Bertz CT molecular complexity index is 1070. The first-order valence-electron chi connectivity index (χ1n) is 8.61. The molecule has 0 aliphatic carbocycles. The van der Waals surface area contributed by atoms with Crippen LogP contribution in [0.15, 0.2) is 59.8 Å². The molecule has 0 amide bonds. The van der Waals surface area contributed by atoms with Crippen molar-refractivity contribution in [2.45, 2.75) is 18.2 Å². The van der Waals surface area contributed by atoms with Crippen LogP contribution in [0.1, 0.15) is 12.5 Å². The molecule has 0 spiro atoms. The van der Waals surface area contributed by atoms with Crippen LogP contribution < -0.4 is 4.72 Å². The lowest BCUT2D eigenvalue weighted by Gasteiger charge is -2.05. The molecule has 7 heteroatoms. The Labute approximate surface area is 167 Å². The number of hydrogen-bond acceptors (Lipinski definition) is 5. The summed E-state index contributed by atoms with van der Waals surface area (Å²) in [6, 6.07) is 16.1. The molecule has 2 aromatic heterocycles. The second kappa shape index (κ2) is 7.58. The number of rotatable bonds is 5. The van der Waals surface area contributed by atoms with Gasteiger partial charge >= 0.3 is 0 Å². The summed E-state index contributed by atoms with van der Waals surface area (Å²) >= 11 is 7.51. The predicted octanol–water partition coefficient (Wildman–Crippen LogP) is 5.37. The Morgan fingerprint density at radius 3 is 2.48 bits per heavy atom. The lowest BCUT2D eigenvalue weighted by molar-refractivity contribution is 0.939. The van der Waals surface area contributed by atoms with Gasteiger partial charge in [0.25, 0.3) is 0 Å². The summed E-state index contributed by atoms with van der Waals surface area (Å²) in [5.41, 5.74) is 3.82. The van der Waals surface area contributed by atoms with Crippen molar-refractivity contribution in [1.29, 1.82) is 0 Å². The third kappa shape index (κ3) is 3.63. The number of benzene rings is 2. The fourth-order valence-electron chi connectivity index (χ4n) is 2.83. The standard InChI is InChI=1S/C20H18ClN5S/c1-3-13-4-10-16(11-5-13)27-25-18-17-20(23-12-22-18)26(2)19(24-17)14-6-8-15(21)9-7-14/h4-12H,3H2,1-2H3,(H,22,23,25). The van der Waals surface area contributed by atoms with E-state index in [1.54, 1.807) is 6.33 Å². The van der Waals surface area contributed by atoms with Gasteiger partial charge in [0.05, 0.1) is 0 Å². The number of fused-ring (bicyclic) bond motifs is 1. The van der Waals surface area contributed by atoms with Gasteiger partial charge in [0.15, 0.2) is 17.0 Å².